The molecule has 0 aliphatic rings. The fourth-order valence-electron chi connectivity index (χ4n) is 1.46. The standard InChI is InChI=1S/C11H13N5O3/c1-3-15(2)11-13-10(19-14-11)8-6-7(16(17)18)4-5-9(8)12/h4-6H,3,12H2,1-2H3. The number of nitrogen functional groups attached to an aromatic ring is 1. The minimum atomic E-state index is -0.502. The molecule has 2 aromatic rings. The third-order valence-corrected chi connectivity index (χ3v) is 2.71. The maximum atomic E-state index is 10.7. The van der Waals surface area contributed by atoms with Gasteiger partial charge in [-0.3, -0.25) is 10.1 Å². The zero-order chi connectivity index (χ0) is 14.0. The van der Waals surface area contributed by atoms with Crippen LogP contribution in [0.15, 0.2) is 22.7 Å². The molecule has 0 aliphatic carbocycles. The molecule has 0 aliphatic heterocycles. The van der Waals surface area contributed by atoms with Crippen molar-refractivity contribution in [3.63, 3.8) is 0 Å². The molecular weight excluding hydrogens is 250 g/mol. The number of hydrogen-bond acceptors (Lipinski definition) is 7. The van der Waals surface area contributed by atoms with Gasteiger partial charge in [-0.2, -0.15) is 4.98 Å². The molecule has 0 atom stereocenters. The molecule has 0 bridgehead atoms. The van der Waals surface area contributed by atoms with E-state index >= 15 is 0 Å². The molecule has 19 heavy (non-hydrogen) atoms. The van der Waals surface area contributed by atoms with E-state index in [-0.39, 0.29) is 11.6 Å². The van der Waals surface area contributed by atoms with E-state index in [1.807, 2.05) is 14.0 Å². The van der Waals surface area contributed by atoms with Crippen LogP contribution in [0.1, 0.15) is 6.92 Å². The first-order chi connectivity index (χ1) is 9.02. The summed E-state index contributed by atoms with van der Waals surface area (Å²) in [6, 6.07) is 4.09. The minimum Gasteiger partial charge on any atom is -0.398 e. The maximum Gasteiger partial charge on any atom is 0.270 e. The number of nitrogens with two attached hydrogens (primary N) is 1. The van der Waals surface area contributed by atoms with Crippen LogP contribution < -0.4 is 10.6 Å². The largest absolute Gasteiger partial charge is 0.398 e. The van der Waals surface area contributed by atoms with Gasteiger partial charge in [-0.05, 0) is 18.1 Å². The number of hydrogen-bond donors (Lipinski definition) is 1. The molecule has 0 saturated heterocycles. The first kappa shape index (κ1) is 12.8. The van der Waals surface area contributed by atoms with Crippen LogP contribution in [0.25, 0.3) is 11.5 Å². The molecule has 0 fully saturated rings. The van der Waals surface area contributed by atoms with E-state index in [9.17, 15) is 10.1 Å². The van der Waals surface area contributed by atoms with Crippen LogP contribution in [0.4, 0.5) is 17.3 Å². The van der Waals surface area contributed by atoms with Crippen LogP contribution in [0.5, 0.6) is 0 Å². The van der Waals surface area contributed by atoms with Gasteiger partial charge in [0.1, 0.15) is 0 Å². The molecule has 0 saturated carbocycles. The summed E-state index contributed by atoms with van der Waals surface area (Å²) in [7, 11) is 1.81. The van der Waals surface area contributed by atoms with Crippen molar-refractivity contribution in [2.24, 2.45) is 0 Å². The minimum absolute atomic E-state index is 0.0761. The highest BCUT2D eigenvalue weighted by Crippen LogP contribution is 2.29. The Hall–Kier alpha value is -2.64. The predicted octanol–water partition coefficient (Wildman–Crippen LogP) is 1.68. The Bertz CT molecular complexity index is 610. The second-order valence-corrected chi connectivity index (χ2v) is 3.94. The SMILES string of the molecule is CCN(C)c1noc(-c2cc([N+](=O)[O-])ccc2N)n1. The highest BCUT2D eigenvalue weighted by molar-refractivity contribution is 5.73. The van der Waals surface area contributed by atoms with Crippen molar-refractivity contribution in [1.82, 2.24) is 10.1 Å². The van der Waals surface area contributed by atoms with Crippen LogP contribution in [0, 0.1) is 10.1 Å². The van der Waals surface area contributed by atoms with Crippen LogP contribution in [-0.4, -0.2) is 28.7 Å². The summed E-state index contributed by atoms with van der Waals surface area (Å²) < 4.78 is 5.08. The van der Waals surface area contributed by atoms with Gasteiger partial charge in [0, 0.05) is 31.4 Å². The summed E-state index contributed by atoms with van der Waals surface area (Å²) in [6.07, 6.45) is 0. The van der Waals surface area contributed by atoms with Crippen molar-refractivity contribution in [3.8, 4) is 11.5 Å². The van der Waals surface area contributed by atoms with Gasteiger partial charge in [-0.1, -0.05) is 0 Å². The molecule has 0 amide bonds. The number of non-ortho nitro benzene ring substituents is 1. The number of aromatic nitrogens is 2. The van der Waals surface area contributed by atoms with Crippen molar-refractivity contribution in [3.05, 3.63) is 28.3 Å². The lowest BCUT2D eigenvalue weighted by molar-refractivity contribution is -0.384. The fraction of sp³-hybridized carbons (Fsp3) is 0.273. The molecular formula is C11H13N5O3. The van der Waals surface area contributed by atoms with Gasteiger partial charge in [-0.15, -0.1) is 0 Å². The maximum absolute atomic E-state index is 10.7. The van der Waals surface area contributed by atoms with Gasteiger partial charge in [0.25, 0.3) is 17.5 Å². The second-order valence-electron chi connectivity index (χ2n) is 3.94. The lowest BCUT2D eigenvalue weighted by Crippen LogP contribution is -2.16. The van der Waals surface area contributed by atoms with E-state index in [1.165, 1.54) is 18.2 Å². The van der Waals surface area contributed by atoms with Crippen LogP contribution in [0.3, 0.4) is 0 Å². The molecule has 0 spiro atoms. The third kappa shape index (κ3) is 2.46. The highest BCUT2D eigenvalue weighted by Gasteiger charge is 2.17. The summed E-state index contributed by atoms with van der Waals surface area (Å²) in [4.78, 5) is 16.2. The summed E-state index contributed by atoms with van der Waals surface area (Å²) in [5, 5.41) is 14.5. The van der Waals surface area contributed by atoms with E-state index in [0.29, 0.717) is 23.7 Å². The Morgan fingerprint density at radius 1 is 1.53 bits per heavy atom. The molecule has 0 unspecified atom stereocenters. The van der Waals surface area contributed by atoms with E-state index in [2.05, 4.69) is 10.1 Å². The average molecular weight is 263 g/mol. The predicted molar refractivity (Wildman–Crippen MR) is 69.7 cm³/mol. The van der Waals surface area contributed by atoms with Crippen molar-refractivity contribution in [2.75, 3.05) is 24.2 Å². The molecule has 1 heterocycles. The molecule has 8 nitrogen and oxygen atoms in total. The number of rotatable bonds is 4. The molecule has 2 rings (SSSR count). The molecule has 1 aromatic heterocycles. The zero-order valence-electron chi connectivity index (χ0n) is 10.5. The van der Waals surface area contributed by atoms with E-state index < -0.39 is 4.92 Å². The van der Waals surface area contributed by atoms with Crippen molar-refractivity contribution < 1.29 is 9.45 Å². The lowest BCUT2D eigenvalue weighted by Gasteiger charge is -2.08. The number of anilines is 2. The Morgan fingerprint density at radius 3 is 2.89 bits per heavy atom. The molecule has 0 radical (unpaired) electrons. The van der Waals surface area contributed by atoms with Crippen molar-refractivity contribution >= 4 is 17.3 Å². The van der Waals surface area contributed by atoms with Crippen LogP contribution in [-0.2, 0) is 0 Å². The Morgan fingerprint density at radius 2 is 2.26 bits per heavy atom. The topological polar surface area (TPSA) is 111 Å². The normalized spacial score (nSPS) is 10.4. The quantitative estimate of drug-likeness (QED) is 0.507. The molecule has 1 aromatic carbocycles. The second kappa shape index (κ2) is 4.92. The highest BCUT2D eigenvalue weighted by atomic mass is 16.6. The third-order valence-electron chi connectivity index (χ3n) is 2.71. The van der Waals surface area contributed by atoms with Gasteiger partial charge in [0.15, 0.2) is 0 Å². The summed E-state index contributed by atoms with van der Waals surface area (Å²) in [6.45, 7) is 2.65. The van der Waals surface area contributed by atoms with E-state index in [1.54, 1.807) is 4.90 Å². The Kier molecular flexibility index (Phi) is 3.32. The number of nitrogens with zero attached hydrogens (tertiary/aromatic N) is 4. The summed E-state index contributed by atoms with van der Waals surface area (Å²) in [5.41, 5.74) is 6.41. The lowest BCUT2D eigenvalue weighted by atomic mass is 10.1. The average Bonchev–Trinajstić information content (AvgIpc) is 2.87. The van der Waals surface area contributed by atoms with Crippen LogP contribution in [0.2, 0.25) is 0 Å². The number of benzene rings is 1. The molecule has 100 valence electrons. The first-order valence-corrected chi connectivity index (χ1v) is 5.62. The Balaban J connectivity index is 2.43. The molecule has 2 N–H and O–H groups in total. The fourth-order valence-corrected chi connectivity index (χ4v) is 1.46. The Labute approximate surface area is 109 Å². The van der Waals surface area contributed by atoms with Crippen molar-refractivity contribution in [1.29, 1.82) is 0 Å². The first-order valence-electron chi connectivity index (χ1n) is 5.62. The monoisotopic (exact) mass is 263 g/mol. The molecule has 8 heteroatoms. The van der Waals surface area contributed by atoms with Gasteiger partial charge < -0.3 is 15.2 Å². The zero-order valence-corrected chi connectivity index (χ0v) is 10.5. The van der Waals surface area contributed by atoms with Gasteiger partial charge >= 0.3 is 0 Å². The van der Waals surface area contributed by atoms with Crippen molar-refractivity contribution in [2.45, 2.75) is 6.92 Å². The smallest absolute Gasteiger partial charge is 0.270 e. The van der Waals surface area contributed by atoms with Gasteiger partial charge in [0.05, 0.1) is 10.5 Å². The summed E-state index contributed by atoms with van der Waals surface area (Å²) in [5.74, 6) is 0.569. The van der Waals surface area contributed by atoms with E-state index in [0.717, 1.165) is 0 Å². The number of nitro benzene ring substituents is 1. The number of nitro groups is 1. The summed E-state index contributed by atoms with van der Waals surface area (Å²) >= 11 is 0. The van der Waals surface area contributed by atoms with Gasteiger partial charge in [0.2, 0.25) is 0 Å². The van der Waals surface area contributed by atoms with Crippen LogP contribution >= 0.6 is 0 Å². The van der Waals surface area contributed by atoms with E-state index in [4.69, 9.17) is 10.3 Å². The van der Waals surface area contributed by atoms with Gasteiger partial charge in [-0.25, -0.2) is 0 Å².